The fourth-order valence-corrected chi connectivity index (χ4v) is 3.83. The molecule has 0 aliphatic rings. The first kappa shape index (κ1) is 27.1. The number of amides is 1. The topological polar surface area (TPSA) is 109 Å². The maximum absolute atomic E-state index is 12.7. The van der Waals surface area contributed by atoms with Crippen molar-refractivity contribution in [3.8, 4) is 17.6 Å². The van der Waals surface area contributed by atoms with E-state index < -0.39 is 11.9 Å². The number of ether oxygens (including phenoxy) is 2. The van der Waals surface area contributed by atoms with E-state index in [1.807, 2.05) is 13.0 Å². The number of hydrogen-bond acceptors (Lipinski definition) is 5. The minimum atomic E-state index is -1.00. The zero-order valence-corrected chi connectivity index (χ0v) is 21.9. The number of nitrogens with zero attached hydrogens (tertiary/aromatic N) is 1. The van der Waals surface area contributed by atoms with Gasteiger partial charge < -0.3 is 19.9 Å². The molecule has 0 saturated heterocycles. The van der Waals surface area contributed by atoms with E-state index in [1.54, 1.807) is 42.5 Å². The standard InChI is InChI=1S/C26H19BrCl2N2O5/c1-2-35-22-11-17(10-18(13-30)25(32)31-21-5-3-4-20(28)24(21)29)19(27)12-23(22)36-14-15-6-8-16(9-7-15)26(33)34/h3-12H,2,14H2,1H3,(H,31,32)(H,33,34)/b18-10-. The fourth-order valence-electron chi connectivity index (χ4n) is 3.04. The van der Waals surface area contributed by atoms with Gasteiger partial charge in [-0.2, -0.15) is 5.26 Å². The highest BCUT2D eigenvalue weighted by atomic mass is 79.9. The predicted molar refractivity (Wildman–Crippen MR) is 142 cm³/mol. The Hall–Kier alpha value is -3.51. The minimum absolute atomic E-state index is 0.165. The first-order valence-electron chi connectivity index (χ1n) is 10.5. The van der Waals surface area contributed by atoms with Crippen LogP contribution in [0.3, 0.4) is 0 Å². The number of anilines is 1. The zero-order chi connectivity index (χ0) is 26.2. The quantitative estimate of drug-likeness (QED) is 0.206. The number of benzene rings is 3. The second kappa shape index (κ2) is 12.5. The number of nitriles is 1. The smallest absolute Gasteiger partial charge is 0.335 e. The zero-order valence-electron chi connectivity index (χ0n) is 18.8. The van der Waals surface area contributed by atoms with Gasteiger partial charge in [0.1, 0.15) is 18.2 Å². The van der Waals surface area contributed by atoms with E-state index in [1.165, 1.54) is 18.2 Å². The van der Waals surface area contributed by atoms with E-state index in [2.05, 4.69) is 21.2 Å². The monoisotopic (exact) mass is 588 g/mol. The number of nitrogens with one attached hydrogen (secondary N) is 1. The fraction of sp³-hybridized carbons (Fsp3) is 0.115. The second-order valence-corrected chi connectivity index (χ2v) is 8.91. The first-order valence-corrected chi connectivity index (χ1v) is 12.1. The maximum atomic E-state index is 12.7. The molecule has 36 heavy (non-hydrogen) atoms. The molecule has 0 bridgehead atoms. The van der Waals surface area contributed by atoms with Crippen LogP contribution in [0.2, 0.25) is 10.0 Å². The summed E-state index contributed by atoms with van der Waals surface area (Å²) in [5.41, 5.74) is 1.58. The molecule has 3 aromatic carbocycles. The molecule has 0 spiro atoms. The summed E-state index contributed by atoms with van der Waals surface area (Å²) < 4.78 is 12.2. The summed E-state index contributed by atoms with van der Waals surface area (Å²) in [6, 6.07) is 16.3. The van der Waals surface area contributed by atoms with Gasteiger partial charge in [0.05, 0.1) is 27.9 Å². The average molecular weight is 590 g/mol. The highest BCUT2D eigenvalue weighted by molar-refractivity contribution is 9.10. The molecular formula is C26H19BrCl2N2O5. The van der Waals surface area contributed by atoms with Crippen molar-refractivity contribution in [1.82, 2.24) is 0 Å². The minimum Gasteiger partial charge on any atom is -0.490 e. The van der Waals surface area contributed by atoms with Crippen molar-refractivity contribution in [2.24, 2.45) is 0 Å². The molecule has 0 aliphatic heterocycles. The maximum Gasteiger partial charge on any atom is 0.335 e. The van der Waals surface area contributed by atoms with Gasteiger partial charge >= 0.3 is 5.97 Å². The molecule has 1 amide bonds. The van der Waals surface area contributed by atoms with Gasteiger partial charge in [-0.3, -0.25) is 4.79 Å². The second-order valence-electron chi connectivity index (χ2n) is 7.27. The molecule has 10 heteroatoms. The van der Waals surface area contributed by atoms with Crippen LogP contribution in [0.1, 0.15) is 28.4 Å². The Balaban J connectivity index is 1.84. The molecule has 7 nitrogen and oxygen atoms in total. The molecule has 2 N–H and O–H groups in total. The SMILES string of the molecule is CCOc1cc(/C=C(/C#N)C(=O)Nc2cccc(Cl)c2Cl)c(Br)cc1OCc1ccc(C(=O)O)cc1. The van der Waals surface area contributed by atoms with Crippen LogP contribution in [0, 0.1) is 11.3 Å². The third-order valence-corrected chi connectivity index (χ3v) is 6.33. The van der Waals surface area contributed by atoms with E-state index in [-0.39, 0.29) is 33.5 Å². The van der Waals surface area contributed by atoms with Crippen LogP contribution in [0.5, 0.6) is 11.5 Å². The number of hydrogen-bond donors (Lipinski definition) is 2. The summed E-state index contributed by atoms with van der Waals surface area (Å²) in [5.74, 6) is -0.826. The molecule has 0 saturated carbocycles. The number of aromatic carboxylic acids is 1. The normalized spacial score (nSPS) is 10.9. The summed E-state index contributed by atoms with van der Waals surface area (Å²) in [4.78, 5) is 23.7. The van der Waals surface area contributed by atoms with Gasteiger partial charge in [0.2, 0.25) is 0 Å². The first-order chi connectivity index (χ1) is 17.2. The third-order valence-electron chi connectivity index (χ3n) is 4.82. The van der Waals surface area contributed by atoms with Crippen molar-refractivity contribution in [3.63, 3.8) is 0 Å². The Kier molecular flexibility index (Phi) is 9.37. The number of carboxylic acid groups (broad SMARTS) is 1. The van der Waals surface area contributed by atoms with Crippen LogP contribution in [0.15, 0.2) is 64.6 Å². The molecular weight excluding hydrogens is 571 g/mol. The van der Waals surface area contributed by atoms with Crippen LogP contribution in [-0.2, 0) is 11.4 Å². The average Bonchev–Trinajstić information content (AvgIpc) is 2.86. The lowest BCUT2D eigenvalue weighted by Crippen LogP contribution is -2.13. The van der Waals surface area contributed by atoms with Gasteiger partial charge in [0, 0.05) is 4.47 Å². The molecule has 184 valence electrons. The largest absolute Gasteiger partial charge is 0.490 e. The van der Waals surface area contributed by atoms with E-state index in [0.29, 0.717) is 28.1 Å². The van der Waals surface area contributed by atoms with Crippen molar-refractivity contribution in [2.45, 2.75) is 13.5 Å². The highest BCUT2D eigenvalue weighted by Gasteiger charge is 2.16. The number of carbonyl (C=O) groups is 2. The Bertz CT molecular complexity index is 1370. The van der Waals surface area contributed by atoms with Gasteiger partial charge in [-0.25, -0.2) is 4.79 Å². The Morgan fingerprint density at radius 2 is 1.81 bits per heavy atom. The van der Waals surface area contributed by atoms with Crippen molar-refractivity contribution < 1.29 is 24.2 Å². The number of halogens is 3. The Morgan fingerprint density at radius 1 is 1.11 bits per heavy atom. The molecule has 0 aromatic heterocycles. The van der Waals surface area contributed by atoms with Crippen molar-refractivity contribution in [2.75, 3.05) is 11.9 Å². The molecule has 0 fully saturated rings. The van der Waals surface area contributed by atoms with Gasteiger partial charge in [0.25, 0.3) is 5.91 Å². The van der Waals surface area contributed by atoms with E-state index >= 15 is 0 Å². The van der Waals surface area contributed by atoms with Gasteiger partial charge in [-0.1, -0.05) is 57.3 Å². The number of rotatable bonds is 9. The summed E-state index contributed by atoms with van der Waals surface area (Å²) in [6.45, 7) is 2.34. The number of carbonyl (C=O) groups excluding carboxylic acids is 1. The molecule has 3 aromatic rings. The Morgan fingerprint density at radius 3 is 2.44 bits per heavy atom. The Labute approximate surface area is 226 Å². The van der Waals surface area contributed by atoms with Gasteiger partial charge in [-0.15, -0.1) is 0 Å². The van der Waals surface area contributed by atoms with Crippen LogP contribution < -0.4 is 14.8 Å². The highest BCUT2D eigenvalue weighted by Crippen LogP contribution is 2.36. The van der Waals surface area contributed by atoms with E-state index in [0.717, 1.165) is 5.56 Å². The van der Waals surface area contributed by atoms with E-state index in [9.17, 15) is 14.9 Å². The number of carboxylic acids is 1. The summed E-state index contributed by atoms with van der Waals surface area (Å²) in [7, 11) is 0. The van der Waals surface area contributed by atoms with Gasteiger partial charge in [-0.05, 0) is 60.5 Å². The van der Waals surface area contributed by atoms with Crippen LogP contribution in [0.25, 0.3) is 6.08 Å². The lowest BCUT2D eigenvalue weighted by molar-refractivity contribution is -0.112. The third kappa shape index (κ3) is 6.79. The van der Waals surface area contributed by atoms with Crippen molar-refractivity contribution in [1.29, 1.82) is 5.26 Å². The molecule has 0 atom stereocenters. The lowest BCUT2D eigenvalue weighted by Gasteiger charge is -2.14. The van der Waals surface area contributed by atoms with Crippen LogP contribution >= 0.6 is 39.1 Å². The molecule has 0 unspecified atom stereocenters. The van der Waals surface area contributed by atoms with Crippen LogP contribution in [0.4, 0.5) is 5.69 Å². The molecule has 0 aliphatic carbocycles. The summed E-state index contributed by atoms with van der Waals surface area (Å²) in [6.07, 6.45) is 1.41. The summed E-state index contributed by atoms with van der Waals surface area (Å²) >= 11 is 15.6. The lowest BCUT2D eigenvalue weighted by atomic mass is 10.1. The van der Waals surface area contributed by atoms with E-state index in [4.69, 9.17) is 37.8 Å². The summed E-state index contributed by atoms with van der Waals surface area (Å²) in [5, 5.41) is 21.7. The van der Waals surface area contributed by atoms with Gasteiger partial charge in [0.15, 0.2) is 11.5 Å². The van der Waals surface area contributed by atoms with Crippen molar-refractivity contribution in [3.05, 3.63) is 91.4 Å². The van der Waals surface area contributed by atoms with Crippen molar-refractivity contribution >= 4 is 62.8 Å². The molecule has 0 heterocycles. The molecule has 0 radical (unpaired) electrons. The predicted octanol–water partition coefficient (Wildman–Crippen LogP) is 6.98. The van der Waals surface area contributed by atoms with Crippen LogP contribution in [-0.4, -0.2) is 23.6 Å². The molecule has 3 rings (SSSR count).